The molecule has 0 radical (unpaired) electrons. The summed E-state index contributed by atoms with van der Waals surface area (Å²) in [6, 6.07) is 13.1. The molecule has 0 aliphatic carbocycles. The SMILES string of the molecule is CCN(CC)S(=O)(=O)c1cc(NC(=O)c2ccccc2)ccc1Cl. The Morgan fingerprint density at radius 1 is 1.08 bits per heavy atom. The van der Waals surface area contributed by atoms with Gasteiger partial charge in [0.05, 0.1) is 5.02 Å². The van der Waals surface area contributed by atoms with Gasteiger partial charge >= 0.3 is 0 Å². The smallest absolute Gasteiger partial charge is 0.255 e. The van der Waals surface area contributed by atoms with Crippen LogP contribution in [-0.4, -0.2) is 31.7 Å². The Bertz CT molecular complexity index is 819. The first-order chi connectivity index (χ1) is 11.4. The third-order valence-electron chi connectivity index (χ3n) is 3.55. The van der Waals surface area contributed by atoms with Crippen LogP contribution in [0, 0.1) is 0 Å². The number of nitrogens with zero attached hydrogens (tertiary/aromatic N) is 1. The molecule has 0 saturated carbocycles. The largest absolute Gasteiger partial charge is 0.322 e. The molecule has 0 unspecified atom stereocenters. The highest BCUT2D eigenvalue weighted by molar-refractivity contribution is 7.89. The van der Waals surface area contributed by atoms with Crippen molar-refractivity contribution in [1.29, 1.82) is 0 Å². The number of benzene rings is 2. The van der Waals surface area contributed by atoms with Gasteiger partial charge in [-0.1, -0.05) is 43.6 Å². The van der Waals surface area contributed by atoms with Crippen LogP contribution in [0.25, 0.3) is 0 Å². The molecule has 0 aliphatic rings. The number of halogens is 1. The van der Waals surface area contributed by atoms with Crippen LogP contribution in [0.4, 0.5) is 5.69 Å². The van der Waals surface area contributed by atoms with E-state index in [0.29, 0.717) is 24.3 Å². The molecule has 0 fully saturated rings. The highest BCUT2D eigenvalue weighted by Gasteiger charge is 2.25. The lowest BCUT2D eigenvalue weighted by Crippen LogP contribution is -2.30. The fraction of sp³-hybridized carbons (Fsp3) is 0.235. The maximum Gasteiger partial charge on any atom is 0.255 e. The number of rotatable bonds is 6. The molecule has 128 valence electrons. The van der Waals surface area contributed by atoms with Crippen LogP contribution >= 0.6 is 11.6 Å². The van der Waals surface area contributed by atoms with Crippen molar-refractivity contribution in [1.82, 2.24) is 4.31 Å². The molecule has 1 amide bonds. The second-order valence-electron chi connectivity index (χ2n) is 5.05. The van der Waals surface area contributed by atoms with Gasteiger partial charge in [-0.05, 0) is 30.3 Å². The second kappa shape index (κ2) is 7.79. The lowest BCUT2D eigenvalue weighted by molar-refractivity contribution is 0.102. The van der Waals surface area contributed by atoms with Gasteiger partial charge in [-0.3, -0.25) is 4.79 Å². The molecule has 0 atom stereocenters. The van der Waals surface area contributed by atoms with Crippen molar-refractivity contribution in [3.05, 3.63) is 59.1 Å². The third-order valence-corrected chi connectivity index (χ3v) is 6.08. The monoisotopic (exact) mass is 366 g/mol. The van der Waals surface area contributed by atoms with Gasteiger partial charge < -0.3 is 5.32 Å². The van der Waals surface area contributed by atoms with E-state index in [0.717, 1.165) is 0 Å². The quantitative estimate of drug-likeness (QED) is 0.849. The Hall–Kier alpha value is -1.89. The normalized spacial score (nSPS) is 11.5. The van der Waals surface area contributed by atoms with Gasteiger partial charge in [-0.15, -0.1) is 0 Å². The van der Waals surface area contributed by atoms with Crippen LogP contribution in [0.15, 0.2) is 53.4 Å². The number of hydrogen-bond acceptors (Lipinski definition) is 3. The first-order valence-electron chi connectivity index (χ1n) is 7.56. The van der Waals surface area contributed by atoms with Crippen molar-refractivity contribution in [3.8, 4) is 0 Å². The summed E-state index contributed by atoms with van der Waals surface area (Å²) in [5.41, 5.74) is 0.861. The first kappa shape index (κ1) is 18.4. The lowest BCUT2D eigenvalue weighted by atomic mass is 10.2. The molecule has 24 heavy (non-hydrogen) atoms. The maximum absolute atomic E-state index is 12.7. The van der Waals surface area contributed by atoms with E-state index in [-0.39, 0.29) is 15.8 Å². The van der Waals surface area contributed by atoms with E-state index in [9.17, 15) is 13.2 Å². The van der Waals surface area contributed by atoms with Gasteiger partial charge in [-0.25, -0.2) is 8.42 Å². The van der Waals surface area contributed by atoms with E-state index < -0.39 is 10.0 Å². The molecule has 0 heterocycles. The zero-order valence-electron chi connectivity index (χ0n) is 13.5. The first-order valence-corrected chi connectivity index (χ1v) is 9.38. The van der Waals surface area contributed by atoms with Crippen molar-refractivity contribution in [2.45, 2.75) is 18.7 Å². The van der Waals surface area contributed by atoms with Crippen molar-refractivity contribution in [2.24, 2.45) is 0 Å². The summed E-state index contributed by atoms with van der Waals surface area (Å²) in [5, 5.41) is 2.82. The maximum atomic E-state index is 12.7. The predicted octanol–water partition coefficient (Wildman–Crippen LogP) is 3.62. The van der Waals surface area contributed by atoms with Gasteiger partial charge in [0.25, 0.3) is 5.91 Å². The molecule has 2 aromatic carbocycles. The standard InChI is InChI=1S/C17H19ClN2O3S/c1-3-20(4-2)24(22,23)16-12-14(10-11-15(16)18)19-17(21)13-8-6-5-7-9-13/h5-12H,3-4H2,1-2H3,(H,19,21). The number of carbonyl (C=O) groups excluding carboxylic acids is 1. The minimum absolute atomic E-state index is 0.0151. The molecule has 0 spiro atoms. The van der Waals surface area contributed by atoms with E-state index in [4.69, 9.17) is 11.6 Å². The highest BCUT2D eigenvalue weighted by atomic mass is 35.5. The fourth-order valence-corrected chi connectivity index (χ4v) is 4.23. The zero-order valence-corrected chi connectivity index (χ0v) is 15.1. The summed E-state index contributed by atoms with van der Waals surface area (Å²) in [6.45, 7) is 4.21. The van der Waals surface area contributed by atoms with Crippen molar-refractivity contribution >= 4 is 33.2 Å². The average molecular weight is 367 g/mol. The van der Waals surface area contributed by atoms with E-state index in [1.54, 1.807) is 44.2 Å². The van der Waals surface area contributed by atoms with E-state index in [1.807, 2.05) is 6.07 Å². The molecule has 0 aliphatic heterocycles. The van der Waals surface area contributed by atoms with Crippen LogP contribution in [0.1, 0.15) is 24.2 Å². The highest BCUT2D eigenvalue weighted by Crippen LogP contribution is 2.28. The van der Waals surface area contributed by atoms with Crippen LogP contribution in [-0.2, 0) is 10.0 Å². The Balaban J connectivity index is 2.34. The van der Waals surface area contributed by atoms with Crippen molar-refractivity contribution < 1.29 is 13.2 Å². The molecule has 2 rings (SSSR count). The number of carbonyl (C=O) groups is 1. The molecular weight excluding hydrogens is 348 g/mol. The molecule has 7 heteroatoms. The van der Waals surface area contributed by atoms with E-state index in [1.165, 1.54) is 16.4 Å². The number of sulfonamides is 1. The summed E-state index contributed by atoms with van der Waals surface area (Å²) >= 11 is 6.07. The molecule has 0 saturated heterocycles. The van der Waals surface area contributed by atoms with Gasteiger partial charge in [0.1, 0.15) is 4.90 Å². The van der Waals surface area contributed by atoms with Gasteiger partial charge in [0.2, 0.25) is 10.0 Å². The van der Waals surface area contributed by atoms with Crippen molar-refractivity contribution in [3.63, 3.8) is 0 Å². The molecular formula is C17H19ClN2O3S. The number of hydrogen-bond donors (Lipinski definition) is 1. The Kier molecular flexibility index (Phi) is 5.99. The Morgan fingerprint density at radius 2 is 1.71 bits per heavy atom. The lowest BCUT2D eigenvalue weighted by Gasteiger charge is -2.19. The van der Waals surface area contributed by atoms with Gasteiger partial charge in [-0.2, -0.15) is 4.31 Å². The zero-order chi connectivity index (χ0) is 17.7. The molecule has 2 aromatic rings. The number of amides is 1. The van der Waals surface area contributed by atoms with Gasteiger partial charge in [0.15, 0.2) is 0 Å². The fourth-order valence-electron chi connectivity index (χ4n) is 2.27. The Morgan fingerprint density at radius 3 is 2.29 bits per heavy atom. The van der Waals surface area contributed by atoms with E-state index >= 15 is 0 Å². The summed E-state index contributed by atoms with van der Waals surface area (Å²) < 4.78 is 26.6. The summed E-state index contributed by atoms with van der Waals surface area (Å²) in [5.74, 6) is -0.316. The van der Waals surface area contributed by atoms with E-state index in [2.05, 4.69) is 5.32 Å². The second-order valence-corrected chi connectivity index (χ2v) is 7.37. The predicted molar refractivity (Wildman–Crippen MR) is 96.0 cm³/mol. The van der Waals surface area contributed by atoms with Crippen LogP contribution in [0.5, 0.6) is 0 Å². The van der Waals surface area contributed by atoms with Crippen molar-refractivity contribution in [2.75, 3.05) is 18.4 Å². The van der Waals surface area contributed by atoms with Gasteiger partial charge in [0, 0.05) is 24.3 Å². The molecule has 0 bridgehead atoms. The summed E-state index contributed by atoms with van der Waals surface area (Å²) in [6.07, 6.45) is 0. The number of nitrogens with one attached hydrogen (secondary N) is 1. The average Bonchev–Trinajstić information content (AvgIpc) is 2.58. The minimum atomic E-state index is -3.70. The molecule has 1 N–H and O–H groups in total. The van der Waals surface area contributed by atoms with Crippen LogP contribution in [0.3, 0.4) is 0 Å². The van der Waals surface area contributed by atoms with Crippen LogP contribution in [0.2, 0.25) is 5.02 Å². The molecule has 5 nitrogen and oxygen atoms in total. The third kappa shape index (κ3) is 3.95. The minimum Gasteiger partial charge on any atom is -0.322 e. The molecule has 0 aromatic heterocycles. The Labute approximate surface area is 147 Å². The summed E-state index contributed by atoms with van der Waals surface area (Å²) in [4.78, 5) is 12.2. The summed E-state index contributed by atoms with van der Waals surface area (Å²) in [7, 11) is -3.70. The number of anilines is 1. The van der Waals surface area contributed by atoms with Crippen LogP contribution < -0.4 is 5.32 Å². The topological polar surface area (TPSA) is 66.5 Å².